The number of fused-ring (bicyclic) bond motifs is 1. The Hall–Kier alpha value is -3.42. The summed E-state index contributed by atoms with van der Waals surface area (Å²) in [5.74, 6) is -1.41. The second kappa shape index (κ2) is 8.37. The van der Waals surface area contributed by atoms with E-state index >= 15 is 0 Å². The van der Waals surface area contributed by atoms with Gasteiger partial charge in [0, 0.05) is 12.1 Å². The lowest BCUT2D eigenvalue weighted by molar-refractivity contribution is -0.140. The molecule has 2 aliphatic rings. The maximum atomic E-state index is 12.7. The number of furan rings is 1. The quantitative estimate of drug-likeness (QED) is 0.541. The van der Waals surface area contributed by atoms with Gasteiger partial charge < -0.3 is 14.1 Å². The summed E-state index contributed by atoms with van der Waals surface area (Å²) in [7, 11) is 0. The largest absolute Gasteiger partial charge is 0.467 e. The number of ether oxygens (including phenoxy) is 1. The molecular formula is C23H24N2O6. The third kappa shape index (κ3) is 3.97. The number of nitrogens with zero attached hydrogens (tertiary/aromatic N) is 2. The second-order valence-corrected chi connectivity index (χ2v) is 8.04. The van der Waals surface area contributed by atoms with Gasteiger partial charge in [0.25, 0.3) is 17.7 Å². The average molecular weight is 424 g/mol. The Balaban J connectivity index is 1.43. The van der Waals surface area contributed by atoms with E-state index in [1.807, 2.05) is 13.8 Å². The summed E-state index contributed by atoms with van der Waals surface area (Å²) in [6.07, 6.45) is 4.40. The summed E-state index contributed by atoms with van der Waals surface area (Å²) in [6, 6.07) is 7.78. The van der Waals surface area contributed by atoms with E-state index in [-0.39, 0.29) is 47.8 Å². The van der Waals surface area contributed by atoms with Gasteiger partial charge in [-0.25, -0.2) is 4.79 Å². The second-order valence-electron chi connectivity index (χ2n) is 8.04. The number of carbonyl (C=O) groups is 4. The molecule has 31 heavy (non-hydrogen) atoms. The predicted molar refractivity (Wildman–Crippen MR) is 109 cm³/mol. The highest BCUT2D eigenvalue weighted by molar-refractivity contribution is 6.21. The smallest absolute Gasteiger partial charge is 0.338 e. The third-order valence-electron chi connectivity index (χ3n) is 5.91. The van der Waals surface area contributed by atoms with Crippen LogP contribution in [-0.2, 0) is 16.1 Å². The maximum absolute atomic E-state index is 12.7. The first-order valence-corrected chi connectivity index (χ1v) is 10.4. The molecule has 0 radical (unpaired) electrons. The number of hydrogen-bond acceptors (Lipinski definition) is 6. The van der Waals surface area contributed by atoms with Crippen molar-refractivity contribution in [1.29, 1.82) is 0 Å². The number of esters is 1. The standard InChI is InChI=1S/C23H24N2O6/c1-14-5-3-6-15(2)25(14)20(26)13-31-23(29)16-8-9-18-19(11-16)22(28)24(21(18)27)12-17-7-4-10-30-17/h4,7-11,14-15H,3,5-6,12-13H2,1-2H3. The summed E-state index contributed by atoms with van der Waals surface area (Å²) in [5.41, 5.74) is 0.475. The zero-order valence-corrected chi connectivity index (χ0v) is 17.5. The molecule has 0 saturated carbocycles. The highest BCUT2D eigenvalue weighted by atomic mass is 16.5. The van der Waals surface area contributed by atoms with Gasteiger partial charge in [-0.3, -0.25) is 19.3 Å². The van der Waals surface area contributed by atoms with Crippen molar-refractivity contribution >= 4 is 23.7 Å². The summed E-state index contributed by atoms with van der Waals surface area (Å²) in [4.78, 5) is 53.2. The lowest BCUT2D eigenvalue weighted by Gasteiger charge is -2.38. The van der Waals surface area contributed by atoms with Crippen LogP contribution in [0.25, 0.3) is 0 Å². The molecule has 2 unspecified atom stereocenters. The Morgan fingerprint density at radius 3 is 2.45 bits per heavy atom. The van der Waals surface area contributed by atoms with Gasteiger partial charge in [0.2, 0.25) is 0 Å². The average Bonchev–Trinajstić information content (AvgIpc) is 3.35. The van der Waals surface area contributed by atoms with E-state index in [1.165, 1.54) is 24.5 Å². The summed E-state index contributed by atoms with van der Waals surface area (Å²) < 4.78 is 10.4. The molecule has 1 aromatic carbocycles. The van der Waals surface area contributed by atoms with Crippen molar-refractivity contribution in [3.05, 3.63) is 59.0 Å². The van der Waals surface area contributed by atoms with E-state index in [2.05, 4.69) is 0 Å². The van der Waals surface area contributed by atoms with Crippen LogP contribution in [-0.4, -0.2) is 52.2 Å². The Bertz CT molecular complexity index is 1020. The van der Waals surface area contributed by atoms with Crippen LogP contribution in [0.3, 0.4) is 0 Å². The minimum Gasteiger partial charge on any atom is -0.467 e. The molecule has 0 N–H and O–H groups in total. The van der Waals surface area contributed by atoms with Crippen molar-refractivity contribution in [2.24, 2.45) is 0 Å². The Morgan fingerprint density at radius 2 is 1.77 bits per heavy atom. The fourth-order valence-corrected chi connectivity index (χ4v) is 4.32. The van der Waals surface area contributed by atoms with Crippen LogP contribution in [0.2, 0.25) is 0 Å². The number of hydrogen-bond donors (Lipinski definition) is 0. The van der Waals surface area contributed by atoms with E-state index in [0.717, 1.165) is 24.2 Å². The first-order chi connectivity index (χ1) is 14.9. The monoisotopic (exact) mass is 424 g/mol. The van der Waals surface area contributed by atoms with Crippen molar-refractivity contribution in [1.82, 2.24) is 9.80 Å². The molecule has 2 atom stereocenters. The van der Waals surface area contributed by atoms with Crippen LogP contribution in [0, 0.1) is 0 Å². The first kappa shape index (κ1) is 20.8. The molecule has 1 fully saturated rings. The molecule has 0 bridgehead atoms. The minimum absolute atomic E-state index is 0.0137. The van der Waals surface area contributed by atoms with Crippen molar-refractivity contribution in [3.63, 3.8) is 0 Å². The first-order valence-electron chi connectivity index (χ1n) is 10.4. The predicted octanol–water partition coefficient (Wildman–Crippen LogP) is 3.02. The van der Waals surface area contributed by atoms with Gasteiger partial charge in [-0.2, -0.15) is 0 Å². The number of piperidine rings is 1. The topological polar surface area (TPSA) is 97.1 Å². The molecule has 8 heteroatoms. The fourth-order valence-electron chi connectivity index (χ4n) is 4.32. The zero-order valence-electron chi connectivity index (χ0n) is 17.5. The Morgan fingerprint density at radius 1 is 1.06 bits per heavy atom. The molecule has 2 aromatic rings. The molecule has 1 saturated heterocycles. The van der Waals surface area contributed by atoms with Crippen LogP contribution in [0.4, 0.5) is 0 Å². The molecular weight excluding hydrogens is 400 g/mol. The number of amides is 3. The van der Waals surface area contributed by atoms with Gasteiger partial charge in [-0.1, -0.05) is 0 Å². The van der Waals surface area contributed by atoms with Crippen molar-refractivity contribution in [2.45, 2.75) is 51.7 Å². The Kier molecular flexibility index (Phi) is 5.63. The lowest BCUT2D eigenvalue weighted by atomic mass is 9.97. The van der Waals surface area contributed by atoms with Crippen LogP contribution < -0.4 is 0 Å². The summed E-state index contributed by atoms with van der Waals surface area (Å²) in [5, 5.41) is 0. The molecule has 0 spiro atoms. The lowest BCUT2D eigenvalue weighted by Crippen LogP contribution is -2.49. The van der Waals surface area contributed by atoms with Crippen LogP contribution in [0.5, 0.6) is 0 Å². The number of imide groups is 1. The minimum atomic E-state index is -0.710. The molecule has 162 valence electrons. The van der Waals surface area contributed by atoms with Crippen molar-refractivity contribution in [3.8, 4) is 0 Å². The number of likely N-dealkylation sites (tertiary alicyclic amines) is 1. The van der Waals surface area contributed by atoms with Crippen molar-refractivity contribution in [2.75, 3.05) is 6.61 Å². The summed E-state index contributed by atoms with van der Waals surface area (Å²) >= 11 is 0. The fraction of sp³-hybridized carbons (Fsp3) is 0.391. The molecule has 0 aliphatic carbocycles. The van der Waals surface area contributed by atoms with Gasteiger partial charge in [-0.15, -0.1) is 0 Å². The maximum Gasteiger partial charge on any atom is 0.338 e. The highest BCUT2D eigenvalue weighted by Crippen LogP contribution is 2.26. The number of carbonyl (C=O) groups excluding carboxylic acids is 4. The normalized spacial score (nSPS) is 20.7. The Labute approximate surface area is 179 Å². The zero-order chi connectivity index (χ0) is 22.1. The molecule has 4 rings (SSSR count). The van der Waals surface area contributed by atoms with Gasteiger partial charge in [0.15, 0.2) is 6.61 Å². The van der Waals surface area contributed by atoms with Crippen LogP contribution in [0.15, 0.2) is 41.0 Å². The van der Waals surface area contributed by atoms with Crippen LogP contribution >= 0.6 is 0 Å². The van der Waals surface area contributed by atoms with E-state index < -0.39 is 17.8 Å². The van der Waals surface area contributed by atoms with Crippen molar-refractivity contribution < 1.29 is 28.3 Å². The highest BCUT2D eigenvalue weighted by Gasteiger charge is 2.37. The molecule has 3 amide bonds. The van der Waals surface area contributed by atoms with Gasteiger partial charge in [0.1, 0.15) is 5.76 Å². The van der Waals surface area contributed by atoms with Crippen LogP contribution in [0.1, 0.15) is 69.9 Å². The molecule has 8 nitrogen and oxygen atoms in total. The van der Waals surface area contributed by atoms with Gasteiger partial charge in [0.05, 0.1) is 29.5 Å². The third-order valence-corrected chi connectivity index (χ3v) is 5.91. The van der Waals surface area contributed by atoms with E-state index in [9.17, 15) is 19.2 Å². The number of rotatable bonds is 5. The van der Waals surface area contributed by atoms with E-state index in [1.54, 1.807) is 17.0 Å². The van der Waals surface area contributed by atoms with Gasteiger partial charge in [-0.05, 0) is 63.4 Å². The molecule has 1 aromatic heterocycles. The molecule has 3 heterocycles. The number of benzene rings is 1. The van der Waals surface area contributed by atoms with E-state index in [0.29, 0.717) is 5.76 Å². The molecule has 2 aliphatic heterocycles. The SMILES string of the molecule is CC1CCCC(C)N1C(=O)COC(=O)c1ccc2c(c1)C(=O)N(Cc1ccco1)C2=O. The summed E-state index contributed by atoms with van der Waals surface area (Å²) in [6.45, 7) is 3.64. The van der Waals surface area contributed by atoms with Gasteiger partial charge >= 0.3 is 5.97 Å². The van der Waals surface area contributed by atoms with E-state index in [4.69, 9.17) is 9.15 Å².